The number of nitrogen functional groups attached to an aromatic ring is 1. The van der Waals surface area contributed by atoms with Gasteiger partial charge in [0.25, 0.3) is 0 Å². The van der Waals surface area contributed by atoms with E-state index in [1.807, 2.05) is 24.3 Å². The van der Waals surface area contributed by atoms with E-state index >= 15 is 0 Å². The Morgan fingerprint density at radius 1 is 1.40 bits per heavy atom. The minimum absolute atomic E-state index is 0.384. The van der Waals surface area contributed by atoms with E-state index in [4.69, 9.17) is 15.2 Å². The summed E-state index contributed by atoms with van der Waals surface area (Å²) >= 11 is 0. The second-order valence-electron chi connectivity index (χ2n) is 3.81. The summed E-state index contributed by atoms with van der Waals surface area (Å²) in [5.74, 6) is 0.774. The standard InChI is InChI=1S/C12H17NO2/c13-11-5-1-2-6-12(11)15-9-7-10-4-3-8-14-10/h1-2,5-6,10H,3-4,7-9,13H2. The average Bonchev–Trinajstić information content (AvgIpc) is 2.74. The maximum absolute atomic E-state index is 5.76. The van der Waals surface area contributed by atoms with Gasteiger partial charge in [0, 0.05) is 13.0 Å². The van der Waals surface area contributed by atoms with Crippen LogP contribution in [0.3, 0.4) is 0 Å². The van der Waals surface area contributed by atoms with Gasteiger partial charge in [0.2, 0.25) is 0 Å². The van der Waals surface area contributed by atoms with Gasteiger partial charge in [0.05, 0.1) is 18.4 Å². The molecular weight excluding hydrogens is 190 g/mol. The molecule has 0 aromatic heterocycles. The molecule has 1 heterocycles. The summed E-state index contributed by atoms with van der Waals surface area (Å²) < 4.78 is 11.1. The van der Waals surface area contributed by atoms with Crippen molar-refractivity contribution < 1.29 is 9.47 Å². The zero-order chi connectivity index (χ0) is 10.5. The zero-order valence-corrected chi connectivity index (χ0v) is 8.82. The van der Waals surface area contributed by atoms with Crippen LogP contribution in [0.1, 0.15) is 19.3 Å². The molecular formula is C12H17NO2. The van der Waals surface area contributed by atoms with Gasteiger partial charge >= 0.3 is 0 Å². The van der Waals surface area contributed by atoms with Crippen LogP contribution in [0.5, 0.6) is 5.75 Å². The van der Waals surface area contributed by atoms with E-state index in [-0.39, 0.29) is 0 Å². The molecule has 0 amide bonds. The molecule has 82 valence electrons. The lowest BCUT2D eigenvalue weighted by Gasteiger charge is -2.11. The third kappa shape index (κ3) is 2.86. The number of hydrogen-bond acceptors (Lipinski definition) is 3. The molecule has 0 radical (unpaired) electrons. The van der Waals surface area contributed by atoms with Gasteiger partial charge in [-0.1, -0.05) is 12.1 Å². The van der Waals surface area contributed by atoms with Crippen molar-refractivity contribution in [3.05, 3.63) is 24.3 Å². The van der Waals surface area contributed by atoms with Gasteiger partial charge in [-0.25, -0.2) is 0 Å². The Morgan fingerprint density at radius 2 is 2.27 bits per heavy atom. The van der Waals surface area contributed by atoms with Crippen LogP contribution in [0.25, 0.3) is 0 Å². The minimum Gasteiger partial charge on any atom is -0.491 e. The number of anilines is 1. The first kappa shape index (κ1) is 10.3. The maximum atomic E-state index is 5.76. The van der Waals surface area contributed by atoms with Gasteiger partial charge < -0.3 is 15.2 Å². The fraction of sp³-hybridized carbons (Fsp3) is 0.500. The molecule has 0 aliphatic carbocycles. The minimum atomic E-state index is 0.384. The van der Waals surface area contributed by atoms with E-state index in [0.717, 1.165) is 25.2 Å². The highest BCUT2D eigenvalue weighted by atomic mass is 16.5. The third-order valence-corrected chi connectivity index (χ3v) is 2.64. The molecule has 15 heavy (non-hydrogen) atoms. The molecule has 1 atom stereocenters. The number of hydrogen-bond donors (Lipinski definition) is 1. The Hall–Kier alpha value is -1.22. The maximum Gasteiger partial charge on any atom is 0.142 e. The molecule has 3 nitrogen and oxygen atoms in total. The third-order valence-electron chi connectivity index (χ3n) is 2.64. The van der Waals surface area contributed by atoms with Gasteiger partial charge in [-0.3, -0.25) is 0 Å². The normalized spacial score (nSPS) is 20.4. The van der Waals surface area contributed by atoms with Crippen molar-refractivity contribution in [2.75, 3.05) is 18.9 Å². The van der Waals surface area contributed by atoms with Crippen LogP contribution < -0.4 is 10.5 Å². The first-order chi connectivity index (χ1) is 7.36. The number of rotatable bonds is 4. The van der Waals surface area contributed by atoms with E-state index in [9.17, 15) is 0 Å². The SMILES string of the molecule is Nc1ccccc1OCCC1CCCO1. The molecule has 3 heteroatoms. The lowest BCUT2D eigenvalue weighted by Crippen LogP contribution is -2.11. The summed E-state index contributed by atoms with van der Waals surface area (Å²) in [6.07, 6.45) is 3.68. The number of benzene rings is 1. The molecule has 1 fully saturated rings. The highest BCUT2D eigenvalue weighted by Gasteiger charge is 2.15. The molecule has 1 aromatic rings. The monoisotopic (exact) mass is 207 g/mol. The fourth-order valence-electron chi connectivity index (χ4n) is 1.78. The molecule has 1 saturated heterocycles. The van der Waals surface area contributed by atoms with Crippen LogP contribution in [-0.2, 0) is 4.74 Å². The molecule has 0 bridgehead atoms. The van der Waals surface area contributed by atoms with Gasteiger partial charge in [-0.15, -0.1) is 0 Å². The van der Waals surface area contributed by atoms with Gasteiger partial charge in [-0.2, -0.15) is 0 Å². The average molecular weight is 207 g/mol. The molecule has 1 aliphatic heterocycles. The topological polar surface area (TPSA) is 44.5 Å². The number of nitrogens with two attached hydrogens (primary N) is 1. The Morgan fingerprint density at radius 3 is 3.00 bits per heavy atom. The van der Waals surface area contributed by atoms with E-state index in [1.165, 1.54) is 6.42 Å². The highest BCUT2D eigenvalue weighted by molar-refractivity contribution is 5.51. The van der Waals surface area contributed by atoms with Gasteiger partial charge in [0.15, 0.2) is 0 Å². The lowest BCUT2D eigenvalue weighted by molar-refractivity contribution is 0.0904. The second-order valence-corrected chi connectivity index (χ2v) is 3.81. The molecule has 1 aromatic carbocycles. The molecule has 0 spiro atoms. The summed E-state index contributed by atoms with van der Waals surface area (Å²) in [6.45, 7) is 1.58. The second kappa shape index (κ2) is 5.03. The van der Waals surface area contributed by atoms with Crippen molar-refractivity contribution in [2.24, 2.45) is 0 Å². The Bertz CT molecular complexity index is 308. The number of ether oxygens (including phenoxy) is 2. The van der Waals surface area contributed by atoms with Crippen molar-refractivity contribution in [1.82, 2.24) is 0 Å². The van der Waals surface area contributed by atoms with Crippen LogP contribution in [-0.4, -0.2) is 19.3 Å². The molecule has 0 saturated carbocycles. The predicted molar refractivity (Wildman–Crippen MR) is 59.9 cm³/mol. The van der Waals surface area contributed by atoms with E-state index in [0.29, 0.717) is 18.4 Å². The quantitative estimate of drug-likeness (QED) is 0.770. The van der Waals surface area contributed by atoms with E-state index in [1.54, 1.807) is 0 Å². The van der Waals surface area contributed by atoms with Crippen molar-refractivity contribution >= 4 is 5.69 Å². The van der Waals surface area contributed by atoms with Crippen LogP contribution in [0.15, 0.2) is 24.3 Å². The molecule has 1 aliphatic rings. The first-order valence-corrected chi connectivity index (χ1v) is 5.45. The van der Waals surface area contributed by atoms with E-state index in [2.05, 4.69) is 0 Å². The molecule has 2 rings (SSSR count). The van der Waals surface area contributed by atoms with Crippen LogP contribution >= 0.6 is 0 Å². The van der Waals surface area contributed by atoms with Crippen LogP contribution in [0.2, 0.25) is 0 Å². The smallest absolute Gasteiger partial charge is 0.142 e. The van der Waals surface area contributed by atoms with Crippen molar-refractivity contribution in [2.45, 2.75) is 25.4 Å². The summed E-state index contributed by atoms with van der Waals surface area (Å²) in [6, 6.07) is 7.58. The number of para-hydroxylation sites is 2. The van der Waals surface area contributed by atoms with Gasteiger partial charge in [-0.05, 0) is 25.0 Å². The van der Waals surface area contributed by atoms with Gasteiger partial charge in [0.1, 0.15) is 5.75 Å². The summed E-state index contributed by atoms with van der Waals surface area (Å²) in [5.41, 5.74) is 6.46. The first-order valence-electron chi connectivity index (χ1n) is 5.45. The highest BCUT2D eigenvalue weighted by Crippen LogP contribution is 2.21. The summed E-state index contributed by atoms with van der Waals surface area (Å²) in [7, 11) is 0. The van der Waals surface area contributed by atoms with Crippen molar-refractivity contribution in [1.29, 1.82) is 0 Å². The fourth-order valence-corrected chi connectivity index (χ4v) is 1.78. The Kier molecular flexibility index (Phi) is 3.45. The molecule has 1 unspecified atom stereocenters. The Labute approximate surface area is 90.2 Å². The van der Waals surface area contributed by atoms with E-state index < -0.39 is 0 Å². The van der Waals surface area contributed by atoms with Crippen molar-refractivity contribution in [3.8, 4) is 5.75 Å². The largest absolute Gasteiger partial charge is 0.491 e. The lowest BCUT2D eigenvalue weighted by atomic mass is 10.2. The van der Waals surface area contributed by atoms with Crippen molar-refractivity contribution in [3.63, 3.8) is 0 Å². The summed E-state index contributed by atoms with van der Waals surface area (Å²) in [4.78, 5) is 0. The van der Waals surface area contributed by atoms with Crippen LogP contribution in [0.4, 0.5) is 5.69 Å². The van der Waals surface area contributed by atoms with Crippen LogP contribution in [0, 0.1) is 0 Å². The zero-order valence-electron chi connectivity index (χ0n) is 8.82. The Balaban J connectivity index is 1.75. The molecule has 2 N–H and O–H groups in total. The predicted octanol–water partition coefficient (Wildman–Crippen LogP) is 2.22. The summed E-state index contributed by atoms with van der Waals surface area (Å²) in [5, 5.41) is 0.